The van der Waals surface area contributed by atoms with Crippen LogP contribution in [-0.2, 0) is 0 Å². The zero-order chi connectivity index (χ0) is 9.97. The maximum Gasteiger partial charge on any atom is 0.0844 e. The van der Waals surface area contributed by atoms with Crippen molar-refractivity contribution < 1.29 is 0 Å². The molecule has 1 aromatic carbocycles. The van der Waals surface area contributed by atoms with Gasteiger partial charge in [-0.05, 0) is 40.2 Å². The van der Waals surface area contributed by atoms with E-state index in [4.69, 9.17) is 5.73 Å². The number of hydrogen-bond acceptors (Lipinski definition) is 2. The van der Waals surface area contributed by atoms with E-state index in [0.29, 0.717) is 0 Å². The Balaban J connectivity index is 2.55. The molecule has 3 heteroatoms. The van der Waals surface area contributed by atoms with Gasteiger partial charge in [-0.2, -0.15) is 0 Å². The second-order valence-electron chi connectivity index (χ2n) is 2.96. The zero-order valence-corrected chi connectivity index (χ0v) is 9.03. The van der Waals surface area contributed by atoms with Gasteiger partial charge in [-0.1, -0.05) is 12.1 Å². The van der Waals surface area contributed by atoms with Crippen molar-refractivity contribution in [3.05, 3.63) is 47.1 Å². The van der Waals surface area contributed by atoms with E-state index < -0.39 is 0 Å². The molecule has 0 fully saturated rings. The standard InChI is InChI=1S/C11H9BrN2/c12-10-5-2-6-14-11(10)8-3-1-4-9(13)7-8/h1-7H,13H2. The molecule has 70 valence electrons. The fourth-order valence-electron chi connectivity index (χ4n) is 1.28. The molecule has 0 aliphatic rings. The third kappa shape index (κ3) is 1.77. The number of nitrogens with zero attached hydrogens (tertiary/aromatic N) is 1. The van der Waals surface area contributed by atoms with Gasteiger partial charge in [0.25, 0.3) is 0 Å². The summed E-state index contributed by atoms with van der Waals surface area (Å²) in [4.78, 5) is 4.29. The summed E-state index contributed by atoms with van der Waals surface area (Å²) < 4.78 is 0.977. The molecule has 0 aliphatic carbocycles. The summed E-state index contributed by atoms with van der Waals surface area (Å²) in [6.45, 7) is 0. The smallest absolute Gasteiger partial charge is 0.0844 e. The van der Waals surface area contributed by atoms with Crippen molar-refractivity contribution in [1.29, 1.82) is 0 Å². The van der Waals surface area contributed by atoms with Gasteiger partial charge in [0.15, 0.2) is 0 Å². The Kier molecular flexibility index (Phi) is 2.50. The Hall–Kier alpha value is -1.35. The number of anilines is 1. The molecule has 1 aromatic heterocycles. The molecular weight excluding hydrogens is 240 g/mol. The quantitative estimate of drug-likeness (QED) is 0.788. The fraction of sp³-hybridized carbons (Fsp3) is 0. The molecule has 0 atom stereocenters. The summed E-state index contributed by atoms with van der Waals surface area (Å²) in [6, 6.07) is 11.5. The van der Waals surface area contributed by atoms with Crippen LogP contribution in [0.3, 0.4) is 0 Å². The molecule has 1 heterocycles. The lowest BCUT2D eigenvalue weighted by molar-refractivity contribution is 1.31. The molecule has 0 aliphatic heterocycles. The van der Waals surface area contributed by atoms with Crippen LogP contribution in [0, 0.1) is 0 Å². The van der Waals surface area contributed by atoms with Gasteiger partial charge < -0.3 is 5.73 Å². The molecule has 2 nitrogen and oxygen atoms in total. The van der Waals surface area contributed by atoms with Crippen molar-refractivity contribution in [3.8, 4) is 11.3 Å². The molecule has 0 unspecified atom stereocenters. The second kappa shape index (κ2) is 3.80. The number of benzene rings is 1. The number of nitrogens with two attached hydrogens (primary N) is 1. The monoisotopic (exact) mass is 248 g/mol. The summed E-state index contributed by atoms with van der Waals surface area (Å²) in [5.74, 6) is 0. The minimum absolute atomic E-state index is 0.750. The van der Waals surface area contributed by atoms with Gasteiger partial charge in [-0.15, -0.1) is 0 Å². The summed E-state index contributed by atoms with van der Waals surface area (Å²) in [5.41, 5.74) is 8.39. The van der Waals surface area contributed by atoms with E-state index in [9.17, 15) is 0 Å². The Morgan fingerprint density at radius 1 is 1.14 bits per heavy atom. The van der Waals surface area contributed by atoms with Crippen LogP contribution < -0.4 is 5.73 Å². The number of rotatable bonds is 1. The molecule has 2 rings (SSSR count). The predicted molar refractivity (Wildman–Crippen MR) is 61.8 cm³/mol. The third-order valence-corrected chi connectivity index (χ3v) is 2.56. The van der Waals surface area contributed by atoms with Crippen LogP contribution in [0.1, 0.15) is 0 Å². The van der Waals surface area contributed by atoms with E-state index in [2.05, 4.69) is 20.9 Å². The van der Waals surface area contributed by atoms with Gasteiger partial charge >= 0.3 is 0 Å². The summed E-state index contributed by atoms with van der Waals surface area (Å²) >= 11 is 3.45. The lowest BCUT2D eigenvalue weighted by Gasteiger charge is -2.03. The molecule has 0 amide bonds. The van der Waals surface area contributed by atoms with Crippen LogP contribution in [0.25, 0.3) is 11.3 Å². The van der Waals surface area contributed by atoms with E-state index in [1.54, 1.807) is 6.20 Å². The largest absolute Gasteiger partial charge is 0.399 e. The average Bonchev–Trinajstić information content (AvgIpc) is 2.18. The minimum Gasteiger partial charge on any atom is -0.399 e. The number of nitrogen functional groups attached to an aromatic ring is 1. The average molecular weight is 249 g/mol. The van der Waals surface area contributed by atoms with Gasteiger partial charge in [0.05, 0.1) is 5.69 Å². The van der Waals surface area contributed by atoms with E-state index in [-0.39, 0.29) is 0 Å². The molecule has 2 aromatic rings. The van der Waals surface area contributed by atoms with Gasteiger partial charge in [-0.3, -0.25) is 4.98 Å². The minimum atomic E-state index is 0.750. The first kappa shape index (κ1) is 9.21. The molecule has 2 N–H and O–H groups in total. The zero-order valence-electron chi connectivity index (χ0n) is 7.44. The van der Waals surface area contributed by atoms with Gasteiger partial charge in [-0.25, -0.2) is 0 Å². The van der Waals surface area contributed by atoms with E-state index >= 15 is 0 Å². The maximum atomic E-state index is 5.70. The summed E-state index contributed by atoms with van der Waals surface area (Å²) in [6.07, 6.45) is 1.77. The molecule has 0 saturated carbocycles. The van der Waals surface area contributed by atoms with Gasteiger partial charge in [0, 0.05) is 21.9 Å². The van der Waals surface area contributed by atoms with Crippen LogP contribution in [-0.4, -0.2) is 4.98 Å². The van der Waals surface area contributed by atoms with Crippen LogP contribution in [0.15, 0.2) is 47.1 Å². The van der Waals surface area contributed by atoms with Crippen molar-refractivity contribution in [2.24, 2.45) is 0 Å². The molecular formula is C11H9BrN2. The van der Waals surface area contributed by atoms with E-state index in [1.165, 1.54) is 0 Å². The number of pyridine rings is 1. The lowest BCUT2D eigenvalue weighted by Crippen LogP contribution is -1.87. The normalized spacial score (nSPS) is 10.1. The van der Waals surface area contributed by atoms with Crippen LogP contribution >= 0.6 is 15.9 Å². The second-order valence-corrected chi connectivity index (χ2v) is 3.81. The van der Waals surface area contributed by atoms with Gasteiger partial charge in [0.1, 0.15) is 0 Å². The molecule has 14 heavy (non-hydrogen) atoms. The summed E-state index contributed by atoms with van der Waals surface area (Å²) in [5, 5.41) is 0. The van der Waals surface area contributed by atoms with Crippen molar-refractivity contribution in [3.63, 3.8) is 0 Å². The highest BCUT2D eigenvalue weighted by molar-refractivity contribution is 9.10. The Bertz CT molecular complexity index is 455. The Morgan fingerprint density at radius 3 is 2.71 bits per heavy atom. The molecule has 0 saturated heterocycles. The van der Waals surface area contributed by atoms with Crippen molar-refractivity contribution >= 4 is 21.6 Å². The highest BCUT2D eigenvalue weighted by Crippen LogP contribution is 2.26. The van der Waals surface area contributed by atoms with Crippen LogP contribution in [0.2, 0.25) is 0 Å². The van der Waals surface area contributed by atoms with E-state index in [0.717, 1.165) is 21.4 Å². The first-order chi connectivity index (χ1) is 6.77. The first-order valence-electron chi connectivity index (χ1n) is 4.24. The van der Waals surface area contributed by atoms with Crippen molar-refractivity contribution in [2.75, 3.05) is 5.73 Å². The molecule has 0 spiro atoms. The predicted octanol–water partition coefficient (Wildman–Crippen LogP) is 3.09. The molecule has 0 radical (unpaired) electrons. The Labute approximate surface area is 90.9 Å². The summed E-state index contributed by atoms with van der Waals surface area (Å²) in [7, 11) is 0. The SMILES string of the molecule is Nc1cccc(-c2ncccc2Br)c1. The molecule has 0 bridgehead atoms. The number of halogens is 1. The maximum absolute atomic E-state index is 5.70. The van der Waals surface area contributed by atoms with Crippen LogP contribution in [0.4, 0.5) is 5.69 Å². The Morgan fingerprint density at radius 2 is 2.00 bits per heavy atom. The third-order valence-electron chi connectivity index (χ3n) is 1.92. The first-order valence-corrected chi connectivity index (χ1v) is 5.03. The lowest BCUT2D eigenvalue weighted by atomic mass is 10.1. The van der Waals surface area contributed by atoms with Crippen molar-refractivity contribution in [1.82, 2.24) is 4.98 Å². The highest BCUT2D eigenvalue weighted by atomic mass is 79.9. The van der Waals surface area contributed by atoms with Gasteiger partial charge in [0.2, 0.25) is 0 Å². The fourth-order valence-corrected chi connectivity index (χ4v) is 1.77. The topological polar surface area (TPSA) is 38.9 Å². The van der Waals surface area contributed by atoms with E-state index in [1.807, 2.05) is 36.4 Å². The van der Waals surface area contributed by atoms with Crippen LogP contribution in [0.5, 0.6) is 0 Å². The highest BCUT2D eigenvalue weighted by Gasteiger charge is 2.02. The van der Waals surface area contributed by atoms with Crippen molar-refractivity contribution in [2.45, 2.75) is 0 Å². The number of hydrogen-bond donors (Lipinski definition) is 1. The number of aromatic nitrogens is 1.